The second-order valence-electron chi connectivity index (χ2n) is 3.03. The third-order valence-electron chi connectivity index (χ3n) is 1.95. The van der Waals surface area contributed by atoms with Crippen molar-refractivity contribution in [3.05, 3.63) is 58.0 Å². The van der Waals surface area contributed by atoms with Gasteiger partial charge >= 0.3 is 0 Å². The Bertz CT molecular complexity index is 510. The molecule has 0 amide bonds. The molecule has 0 bridgehead atoms. The minimum Gasteiger partial charge on any atom is -0.295 e. The minimum absolute atomic E-state index is 0.160. The van der Waals surface area contributed by atoms with Gasteiger partial charge in [-0.05, 0) is 17.7 Å². The molecule has 0 saturated heterocycles. The lowest BCUT2D eigenvalue weighted by atomic mass is 10.3. The molecule has 0 atom stereocenters. The molecule has 2 aromatic heterocycles. The van der Waals surface area contributed by atoms with Gasteiger partial charge in [0.15, 0.2) is 0 Å². The molecule has 0 aliphatic carbocycles. The molecule has 0 aliphatic rings. The van der Waals surface area contributed by atoms with Crippen LogP contribution in [0, 0.1) is 0 Å². The van der Waals surface area contributed by atoms with E-state index in [1.165, 1.54) is 17.0 Å². The fraction of sp³-hybridized carbons (Fsp3) is 0.100. The first-order chi connectivity index (χ1) is 7.25. The monoisotopic (exact) mass is 221 g/mol. The van der Waals surface area contributed by atoms with Crippen LogP contribution >= 0.6 is 11.6 Å². The van der Waals surface area contributed by atoms with Crippen LogP contribution in [0.2, 0.25) is 5.15 Å². The lowest BCUT2D eigenvalue weighted by molar-refractivity contribution is 0.735. The predicted octanol–water partition coefficient (Wildman–Crippen LogP) is 1.34. The first-order valence-electron chi connectivity index (χ1n) is 4.36. The number of rotatable bonds is 2. The van der Waals surface area contributed by atoms with Crippen molar-refractivity contribution in [3.8, 4) is 0 Å². The summed E-state index contributed by atoms with van der Waals surface area (Å²) in [5.41, 5.74) is 0.836. The number of hydrogen-bond donors (Lipinski definition) is 0. The zero-order valence-electron chi connectivity index (χ0n) is 7.80. The fourth-order valence-corrected chi connectivity index (χ4v) is 1.34. The summed E-state index contributed by atoms with van der Waals surface area (Å²) in [5.74, 6) is 0. The van der Waals surface area contributed by atoms with Gasteiger partial charge in [-0.15, -0.1) is 0 Å². The highest BCUT2D eigenvalue weighted by atomic mass is 35.5. The van der Waals surface area contributed by atoms with E-state index in [9.17, 15) is 4.79 Å². The van der Waals surface area contributed by atoms with Gasteiger partial charge in [-0.1, -0.05) is 11.6 Å². The second-order valence-corrected chi connectivity index (χ2v) is 3.42. The number of hydrogen-bond acceptors (Lipinski definition) is 3. The number of aromatic nitrogens is 3. The molecule has 0 saturated carbocycles. The molecule has 0 fully saturated rings. The van der Waals surface area contributed by atoms with Gasteiger partial charge in [-0.2, -0.15) is 0 Å². The number of nitrogens with zero attached hydrogens (tertiary/aromatic N) is 3. The third-order valence-corrected chi connectivity index (χ3v) is 2.16. The van der Waals surface area contributed by atoms with Crippen LogP contribution in [0.1, 0.15) is 5.56 Å². The summed E-state index contributed by atoms with van der Waals surface area (Å²) in [6.07, 6.45) is 4.80. The summed E-state index contributed by atoms with van der Waals surface area (Å²) in [4.78, 5) is 19.2. The molecular weight excluding hydrogens is 214 g/mol. The first kappa shape index (κ1) is 9.86. The third kappa shape index (κ3) is 2.41. The molecule has 4 nitrogen and oxygen atoms in total. The van der Waals surface area contributed by atoms with Crippen molar-refractivity contribution in [2.24, 2.45) is 0 Å². The summed E-state index contributed by atoms with van der Waals surface area (Å²) in [7, 11) is 0. The Morgan fingerprint density at radius 2 is 2.07 bits per heavy atom. The van der Waals surface area contributed by atoms with Crippen molar-refractivity contribution in [1.82, 2.24) is 14.5 Å². The summed E-state index contributed by atoms with van der Waals surface area (Å²) in [5, 5.41) is 0.214. The van der Waals surface area contributed by atoms with E-state index in [-0.39, 0.29) is 10.7 Å². The molecule has 2 aromatic rings. The Balaban J connectivity index is 2.29. The van der Waals surface area contributed by atoms with E-state index in [2.05, 4.69) is 9.97 Å². The molecule has 2 rings (SSSR count). The first-order valence-corrected chi connectivity index (χ1v) is 4.74. The van der Waals surface area contributed by atoms with Gasteiger partial charge < -0.3 is 0 Å². The highest BCUT2D eigenvalue weighted by molar-refractivity contribution is 6.29. The van der Waals surface area contributed by atoms with Crippen LogP contribution in [0.3, 0.4) is 0 Å². The second kappa shape index (κ2) is 4.23. The average Bonchev–Trinajstić information content (AvgIpc) is 2.24. The summed E-state index contributed by atoms with van der Waals surface area (Å²) < 4.78 is 1.49. The number of pyridine rings is 1. The lowest BCUT2D eigenvalue weighted by Gasteiger charge is -2.03. The minimum atomic E-state index is -0.160. The maximum absolute atomic E-state index is 11.5. The SMILES string of the molecule is O=c1cc(Cl)ncn1Cc1ccncc1. The van der Waals surface area contributed by atoms with Crippen molar-refractivity contribution in [2.75, 3.05) is 0 Å². The highest BCUT2D eigenvalue weighted by Crippen LogP contribution is 2.00. The lowest BCUT2D eigenvalue weighted by Crippen LogP contribution is -2.19. The molecule has 0 aromatic carbocycles. The van der Waals surface area contributed by atoms with Gasteiger partial charge in [0.05, 0.1) is 12.9 Å². The van der Waals surface area contributed by atoms with Gasteiger partial charge in [0.1, 0.15) is 5.15 Å². The normalized spacial score (nSPS) is 10.2. The van der Waals surface area contributed by atoms with Crippen LogP contribution < -0.4 is 5.56 Å². The summed E-state index contributed by atoms with van der Waals surface area (Å²) >= 11 is 5.59. The Hall–Kier alpha value is -1.68. The van der Waals surface area contributed by atoms with Crippen LogP contribution in [0.15, 0.2) is 41.7 Å². The molecule has 0 unspecified atom stereocenters. The molecule has 0 N–H and O–H groups in total. The van der Waals surface area contributed by atoms with Gasteiger partial charge in [-0.25, -0.2) is 4.98 Å². The van der Waals surface area contributed by atoms with Crippen molar-refractivity contribution in [2.45, 2.75) is 6.54 Å². The van der Waals surface area contributed by atoms with Crippen molar-refractivity contribution < 1.29 is 0 Å². The van der Waals surface area contributed by atoms with E-state index >= 15 is 0 Å². The molecular formula is C10H8ClN3O. The van der Waals surface area contributed by atoms with Gasteiger partial charge in [0.2, 0.25) is 0 Å². The van der Waals surface area contributed by atoms with Crippen molar-refractivity contribution in [3.63, 3.8) is 0 Å². The molecule has 15 heavy (non-hydrogen) atoms. The molecule has 5 heteroatoms. The van der Waals surface area contributed by atoms with Crippen LogP contribution in [0.4, 0.5) is 0 Å². The molecule has 76 valence electrons. The topological polar surface area (TPSA) is 47.8 Å². The zero-order chi connectivity index (χ0) is 10.7. The van der Waals surface area contributed by atoms with E-state index < -0.39 is 0 Å². The van der Waals surface area contributed by atoms with Gasteiger partial charge in [0, 0.05) is 18.5 Å². The maximum atomic E-state index is 11.5. The molecule has 0 spiro atoms. The largest absolute Gasteiger partial charge is 0.295 e. The summed E-state index contributed by atoms with van der Waals surface area (Å²) in [6.45, 7) is 0.478. The van der Waals surface area contributed by atoms with Crippen LogP contribution in [-0.4, -0.2) is 14.5 Å². The Kier molecular flexibility index (Phi) is 2.78. The highest BCUT2D eigenvalue weighted by Gasteiger charge is 1.98. The standard InChI is InChI=1S/C10H8ClN3O/c11-9-5-10(15)14(7-13-9)6-8-1-3-12-4-2-8/h1-5,7H,6H2. The predicted molar refractivity (Wildman–Crippen MR) is 56.8 cm³/mol. The summed E-state index contributed by atoms with van der Waals surface area (Å²) in [6, 6.07) is 4.99. The maximum Gasteiger partial charge on any atom is 0.255 e. The van der Waals surface area contributed by atoms with E-state index in [1.54, 1.807) is 12.4 Å². The average molecular weight is 222 g/mol. The van der Waals surface area contributed by atoms with E-state index in [0.29, 0.717) is 6.54 Å². The Morgan fingerprint density at radius 3 is 2.73 bits per heavy atom. The smallest absolute Gasteiger partial charge is 0.255 e. The fourth-order valence-electron chi connectivity index (χ4n) is 1.21. The van der Waals surface area contributed by atoms with E-state index in [1.807, 2.05) is 12.1 Å². The van der Waals surface area contributed by atoms with Crippen LogP contribution in [-0.2, 0) is 6.54 Å². The van der Waals surface area contributed by atoms with Gasteiger partial charge in [-0.3, -0.25) is 14.3 Å². The molecule has 0 aliphatic heterocycles. The Labute approximate surface area is 91.2 Å². The molecule has 2 heterocycles. The van der Waals surface area contributed by atoms with Crippen LogP contribution in [0.5, 0.6) is 0 Å². The number of halogens is 1. The van der Waals surface area contributed by atoms with E-state index in [4.69, 9.17) is 11.6 Å². The quantitative estimate of drug-likeness (QED) is 0.719. The Morgan fingerprint density at radius 1 is 1.33 bits per heavy atom. The van der Waals surface area contributed by atoms with Crippen molar-refractivity contribution in [1.29, 1.82) is 0 Å². The van der Waals surface area contributed by atoms with Crippen molar-refractivity contribution >= 4 is 11.6 Å². The zero-order valence-corrected chi connectivity index (χ0v) is 8.55. The molecule has 0 radical (unpaired) electrons. The van der Waals surface area contributed by atoms with Gasteiger partial charge in [0.25, 0.3) is 5.56 Å². The van der Waals surface area contributed by atoms with E-state index in [0.717, 1.165) is 5.56 Å². The van der Waals surface area contributed by atoms with Crippen LogP contribution in [0.25, 0.3) is 0 Å².